The second-order valence-electron chi connectivity index (χ2n) is 3.76. The maximum absolute atomic E-state index is 8.59. The molecule has 1 aromatic heterocycles. The van der Waals surface area contributed by atoms with Crippen LogP contribution in [0.2, 0.25) is 5.02 Å². The van der Waals surface area contributed by atoms with Gasteiger partial charge in [-0.15, -0.1) is 0 Å². The van der Waals surface area contributed by atoms with Gasteiger partial charge in [0.25, 0.3) is 0 Å². The van der Waals surface area contributed by atoms with E-state index < -0.39 is 0 Å². The summed E-state index contributed by atoms with van der Waals surface area (Å²) in [6.45, 7) is 2.75. The van der Waals surface area contributed by atoms with Crippen LogP contribution in [0.15, 0.2) is 35.7 Å². The Morgan fingerprint density at radius 2 is 2.37 bits per heavy atom. The Kier molecular flexibility index (Phi) is 3.91. The molecule has 1 aromatic carbocycles. The Morgan fingerprint density at radius 3 is 2.95 bits per heavy atom. The Morgan fingerprint density at radius 1 is 1.58 bits per heavy atom. The minimum absolute atomic E-state index is 0.00717. The summed E-state index contributed by atoms with van der Waals surface area (Å²) in [5.74, 6) is 1.07. The molecule has 0 aliphatic carbocycles. The topological polar surface area (TPSA) is 85.7 Å². The van der Waals surface area contributed by atoms with Crippen molar-refractivity contribution in [1.29, 1.82) is 0 Å². The van der Waals surface area contributed by atoms with Crippen molar-refractivity contribution < 1.29 is 9.94 Å². The number of amidine groups is 1. The van der Waals surface area contributed by atoms with Gasteiger partial charge in [0.05, 0.1) is 17.4 Å². The standard InChI is InChI=1S/C12H13ClN4O2/c1-2-17-7-9(6-15-17)19-11-4-3-8(5-10(11)13)12(14)16-18/h3-7,18H,2H2,1H3,(H2,14,16). The van der Waals surface area contributed by atoms with E-state index in [2.05, 4.69) is 10.3 Å². The van der Waals surface area contributed by atoms with Crippen molar-refractivity contribution in [2.75, 3.05) is 0 Å². The largest absolute Gasteiger partial charge is 0.452 e. The van der Waals surface area contributed by atoms with Crippen LogP contribution in [0.1, 0.15) is 12.5 Å². The van der Waals surface area contributed by atoms with Crippen molar-refractivity contribution in [3.8, 4) is 11.5 Å². The number of hydrogen-bond acceptors (Lipinski definition) is 4. The van der Waals surface area contributed by atoms with E-state index in [1.165, 1.54) is 0 Å². The van der Waals surface area contributed by atoms with Crippen LogP contribution < -0.4 is 10.5 Å². The summed E-state index contributed by atoms with van der Waals surface area (Å²) in [6, 6.07) is 4.87. The third-order valence-corrected chi connectivity index (χ3v) is 2.79. The second kappa shape index (κ2) is 5.62. The molecule has 0 atom stereocenters. The van der Waals surface area contributed by atoms with E-state index in [0.717, 1.165) is 6.54 Å². The molecule has 0 saturated carbocycles. The molecule has 0 spiro atoms. The number of ether oxygens (including phenoxy) is 1. The number of aryl methyl sites for hydroxylation is 1. The molecular formula is C12H13ClN4O2. The van der Waals surface area contributed by atoms with Gasteiger partial charge in [0.1, 0.15) is 5.75 Å². The highest BCUT2D eigenvalue weighted by Gasteiger charge is 2.08. The van der Waals surface area contributed by atoms with Crippen LogP contribution in [0.3, 0.4) is 0 Å². The summed E-state index contributed by atoms with van der Waals surface area (Å²) in [7, 11) is 0. The quantitative estimate of drug-likeness (QED) is 0.390. The van der Waals surface area contributed by atoms with Gasteiger partial charge in [-0.2, -0.15) is 5.10 Å². The first-order valence-corrected chi connectivity index (χ1v) is 5.99. The summed E-state index contributed by atoms with van der Waals surface area (Å²) in [4.78, 5) is 0. The highest BCUT2D eigenvalue weighted by atomic mass is 35.5. The molecule has 19 heavy (non-hydrogen) atoms. The van der Waals surface area contributed by atoms with E-state index in [4.69, 9.17) is 27.3 Å². The zero-order valence-electron chi connectivity index (χ0n) is 10.2. The molecule has 1 heterocycles. The van der Waals surface area contributed by atoms with Crippen molar-refractivity contribution in [2.45, 2.75) is 13.5 Å². The fourth-order valence-corrected chi connectivity index (χ4v) is 1.72. The first kappa shape index (κ1) is 13.2. The summed E-state index contributed by atoms with van der Waals surface area (Å²) < 4.78 is 7.35. The van der Waals surface area contributed by atoms with E-state index in [9.17, 15) is 0 Å². The van der Waals surface area contributed by atoms with Crippen LogP contribution in [0.25, 0.3) is 0 Å². The predicted molar refractivity (Wildman–Crippen MR) is 71.9 cm³/mol. The lowest BCUT2D eigenvalue weighted by molar-refractivity contribution is 0.318. The Hall–Kier alpha value is -2.21. The molecule has 3 N–H and O–H groups in total. The van der Waals surface area contributed by atoms with Crippen LogP contribution in [0.4, 0.5) is 0 Å². The third-order valence-electron chi connectivity index (χ3n) is 2.50. The van der Waals surface area contributed by atoms with Crippen LogP contribution >= 0.6 is 11.6 Å². The van der Waals surface area contributed by atoms with Gasteiger partial charge in [0.2, 0.25) is 0 Å². The lowest BCUT2D eigenvalue weighted by Crippen LogP contribution is -2.12. The molecule has 0 amide bonds. The molecule has 0 aliphatic rings. The Balaban J connectivity index is 2.21. The highest BCUT2D eigenvalue weighted by Crippen LogP contribution is 2.29. The van der Waals surface area contributed by atoms with Crippen molar-refractivity contribution in [2.24, 2.45) is 10.9 Å². The highest BCUT2D eigenvalue weighted by molar-refractivity contribution is 6.32. The molecule has 2 rings (SSSR count). The zero-order chi connectivity index (χ0) is 13.8. The molecule has 0 saturated heterocycles. The van der Waals surface area contributed by atoms with E-state index in [0.29, 0.717) is 22.1 Å². The van der Waals surface area contributed by atoms with Gasteiger partial charge in [-0.25, -0.2) is 0 Å². The first-order valence-electron chi connectivity index (χ1n) is 5.61. The molecule has 100 valence electrons. The van der Waals surface area contributed by atoms with Gasteiger partial charge in [-0.3, -0.25) is 4.68 Å². The average Bonchev–Trinajstić information content (AvgIpc) is 2.88. The van der Waals surface area contributed by atoms with E-state index in [1.54, 1.807) is 35.3 Å². The predicted octanol–water partition coefficient (Wildman–Crippen LogP) is 2.44. The lowest BCUT2D eigenvalue weighted by Gasteiger charge is -2.06. The van der Waals surface area contributed by atoms with Crippen LogP contribution in [-0.2, 0) is 6.54 Å². The summed E-state index contributed by atoms with van der Waals surface area (Å²) >= 11 is 6.08. The second-order valence-corrected chi connectivity index (χ2v) is 4.17. The molecule has 6 nitrogen and oxygen atoms in total. The summed E-state index contributed by atoms with van der Waals surface area (Å²) in [6.07, 6.45) is 3.38. The monoisotopic (exact) mass is 280 g/mol. The fraction of sp³-hybridized carbons (Fsp3) is 0.167. The molecule has 0 fully saturated rings. The van der Waals surface area contributed by atoms with E-state index in [1.807, 2.05) is 6.92 Å². The van der Waals surface area contributed by atoms with Gasteiger partial charge >= 0.3 is 0 Å². The molecule has 0 unspecified atom stereocenters. The number of halogens is 1. The molecule has 0 aliphatic heterocycles. The molecule has 2 aromatic rings. The Bertz CT molecular complexity index is 610. The molecule has 7 heteroatoms. The Labute approximate surface area is 115 Å². The maximum atomic E-state index is 8.59. The fourth-order valence-electron chi connectivity index (χ4n) is 1.50. The van der Waals surface area contributed by atoms with Crippen molar-refractivity contribution in [3.63, 3.8) is 0 Å². The number of nitrogens with two attached hydrogens (primary N) is 1. The average molecular weight is 281 g/mol. The van der Waals surface area contributed by atoms with Gasteiger partial charge in [-0.05, 0) is 25.1 Å². The van der Waals surface area contributed by atoms with Gasteiger partial charge in [0.15, 0.2) is 11.6 Å². The first-order chi connectivity index (χ1) is 9.13. The normalized spacial score (nSPS) is 11.6. The number of nitrogens with zero attached hydrogens (tertiary/aromatic N) is 3. The number of benzene rings is 1. The SMILES string of the molecule is CCn1cc(Oc2ccc(/C(N)=N/O)cc2Cl)cn1. The smallest absolute Gasteiger partial charge is 0.170 e. The minimum Gasteiger partial charge on any atom is -0.452 e. The number of rotatable bonds is 4. The van der Waals surface area contributed by atoms with Crippen LogP contribution in [0.5, 0.6) is 11.5 Å². The van der Waals surface area contributed by atoms with Crippen LogP contribution in [0, 0.1) is 0 Å². The van der Waals surface area contributed by atoms with Crippen molar-refractivity contribution in [1.82, 2.24) is 9.78 Å². The summed E-state index contributed by atoms with van der Waals surface area (Å²) in [5, 5.41) is 16.0. The number of aromatic nitrogens is 2. The van der Waals surface area contributed by atoms with Gasteiger partial charge in [0, 0.05) is 12.1 Å². The summed E-state index contributed by atoms with van der Waals surface area (Å²) in [5.41, 5.74) is 5.99. The number of hydrogen-bond donors (Lipinski definition) is 2. The molecule has 0 bridgehead atoms. The number of oxime groups is 1. The van der Waals surface area contributed by atoms with E-state index >= 15 is 0 Å². The van der Waals surface area contributed by atoms with Crippen LogP contribution in [-0.4, -0.2) is 20.8 Å². The maximum Gasteiger partial charge on any atom is 0.170 e. The third kappa shape index (κ3) is 2.97. The zero-order valence-corrected chi connectivity index (χ0v) is 11.0. The molecular weight excluding hydrogens is 268 g/mol. The van der Waals surface area contributed by atoms with Crippen molar-refractivity contribution in [3.05, 3.63) is 41.2 Å². The molecule has 0 radical (unpaired) electrons. The van der Waals surface area contributed by atoms with E-state index in [-0.39, 0.29) is 5.84 Å². The minimum atomic E-state index is -0.00717. The van der Waals surface area contributed by atoms with Gasteiger partial charge < -0.3 is 15.7 Å². The lowest BCUT2D eigenvalue weighted by atomic mass is 10.2. The van der Waals surface area contributed by atoms with Gasteiger partial charge in [-0.1, -0.05) is 16.8 Å². The van der Waals surface area contributed by atoms with Crippen molar-refractivity contribution >= 4 is 17.4 Å².